The first kappa shape index (κ1) is 18.9. The smallest absolute Gasteiger partial charge is 0.317 e. The molecule has 0 aliphatic carbocycles. The minimum absolute atomic E-state index is 0.0421. The fourth-order valence-electron chi connectivity index (χ4n) is 2.93. The maximum absolute atomic E-state index is 12.3. The maximum Gasteiger partial charge on any atom is 0.317 e. The molecule has 1 N–H and O–H groups in total. The average molecular weight is 390 g/mol. The Morgan fingerprint density at radius 3 is 2.54 bits per heavy atom. The van der Waals surface area contributed by atoms with Crippen LogP contribution in [-0.4, -0.2) is 49.4 Å². The average Bonchev–Trinajstić information content (AvgIpc) is 2.68. The summed E-state index contributed by atoms with van der Waals surface area (Å²) >= 11 is 7.89. The quantitative estimate of drug-likeness (QED) is 0.589. The molecule has 0 atom stereocenters. The number of hydrogen-bond donors (Lipinski definition) is 1. The summed E-state index contributed by atoms with van der Waals surface area (Å²) in [5.41, 5.74) is 1.12. The lowest BCUT2D eigenvalue weighted by Crippen LogP contribution is -2.52. The lowest BCUT2D eigenvalue weighted by atomic mass is 10.2. The Labute approximate surface area is 164 Å². The Morgan fingerprint density at radius 2 is 1.81 bits per heavy atom. The Bertz CT molecular complexity index is 705. The Morgan fingerprint density at radius 1 is 1.04 bits per heavy atom. The number of urea groups is 1. The van der Waals surface area contributed by atoms with Gasteiger partial charge in [-0.2, -0.15) is 0 Å². The van der Waals surface area contributed by atoms with Gasteiger partial charge in [0.1, 0.15) is 0 Å². The standard InChI is InChI=1S/C20H24ClN3OS/c21-17-6-4-7-18(16-17)23-11-13-24(14-12-23)20(25)22-10-5-15-26-19-8-2-1-3-9-19/h1-4,6-9,16H,5,10-15H2,(H,22,25). The number of carbonyl (C=O) groups excluding carboxylic acids is 1. The molecule has 1 fully saturated rings. The molecule has 2 aromatic carbocycles. The number of thioether (sulfide) groups is 1. The third kappa shape index (κ3) is 5.58. The summed E-state index contributed by atoms with van der Waals surface area (Å²) in [6, 6.07) is 18.3. The van der Waals surface area contributed by atoms with Gasteiger partial charge in [-0.05, 0) is 42.5 Å². The molecule has 1 aliphatic heterocycles. The highest BCUT2D eigenvalue weighted by Crippen LogP contribution is 2.21. The highest BCUT2D eigenvalue weighted by Gasteiger charge is 2.20. The van der Waals surface area contributed by atoms with Crippen molar-refractivity contribution in [1.29, 1.82) is 0 Å². The van der Waals surface area contributed by atoms with Gasteiger partial charge in [0.05, 0.1) is 0 Å². The SMILES string of the molecule is O=C(NCCCSc1ccccc1)N1CCN(c2cccc(Cl)c2)CC1. The fraction of sp³-hybridized carbons (Fsp3) is 0.350. The van der Waals surface area contributed by atoms with E-state index in [0.717, 1.165) is 49.1 Å². The first-order chi connectivity index (χ1) is 12.7. The topological polar surface area (TPSA) is 35.6 Å². The third-order valence-electron chi connectivity index (χ3n) is 4.35. The molecule has 0 radical (unpaired) electrons. The van der Waals surface area contributed by atoms with Crippen LogP contribution < -0.4 is 10.2 Å². The number of rotatable bonds is 6. The normalized spacial score (nSPS) is 14.3. The number of piperazine rings is 1. The minimum atomic E-state index is 0.0421. The largest absolute Gasteiger partial charge is 0.368 e. The van der Waals surface area contributed by atoms with Crippen LogP contribution in [0.25, 0.3) is 0 Å². The van der Waals surface area contributed by atoms with Crippen molar-refractivity contribution in [3.63, 3.8) is 0 Å². The molecule has 1 heterocycles. The van der Waals surface area contributed by atoms with Crippen molar-refractivity contribution in [2.24, 2.45) is 0 Å². The molecular formula is C20H24ClN3OS. The van der Waals surface area contributed by atoms with Gasteiger partial charge in [-0.15, -0.1) is 11.8 Å². The predicted molar refractivity (Wildman–Crippen MR) is 110 cm³/mol. The number of anilines is 1. The van der Waals surface area contributed by atoms with Gasteiger partial charge in [-0.3, -0.25) is 0 Å². The van der Waals surface area contributed by atoms with Gasteiger partial charge in [0.25, 0.3) is 0 Å². The summed E-state index contributed by atoms with van der Waals surface area (Å²) in [6.07, 6.45) is 0.966. The summed E-state index contributed by atoms with van der Waals surface area (Å²) < 4.78 is 0. The summed E-state index contributed by atoms with van der Waals surface area (Å²) in [7, 11) is 0. The van der Waals surface area contributed by atoms with E-state index in [1.807, 2.05) is 53.1 Å². The van der Waals surface area contributed by atoms with Crippen LogP contribution in [-0.2, 0) is 0 Å². The molecule has 2 aromatic rings. The van der Waals surface area contributed by atoms with E-state index >= 15 is 0 Å². The molecule has 0 bridgehead atoms. The fourth-order valence-corrected chi connectivity index (χ4v) is 3.99. The molecule has 4 nitrogen and oxygen atoms in total. The zero-order chi connectivity index (χ0) is 18.2. The number of nitrogens with zero attached hydrogens (tertiary/aromatic N) is 2. The molecule has 26 heavy (non-hydrogen) atoms. The van der Waals surface area contributed by atoms with Crippen LogP contribution in [0.3, 0.4) is 0 Å². The van der Waals surface area contributed by atoms with E-state index in [9.17, 15) is 4.79 Å². The van der Waals surface area contributed by atoms with Gasteiger partial charge in [0, 0.05) is 48.3 Å². The van der Waals surface area contributed by atoms with Crippen molar-refractivity contribution in [2.45, 2.75) is 11.3 Å². The van der Waals surface area contributed by atoms with Gasteiger partial charge < -0.3 is 15.1 Å². The van der Waals surface area contributed by atoms with Crippen molar-refractivity contribution < 1.29 is 4.79 Å². The lowest BCUT2D eigenvalue weighted by Gasteiger charge is -2.36. The highest BCUT2D eigenvalue weighted by molar-refractivity contribution is 7.99. The van der Waals surface area contributed by atoms with Gasteiger partial charge in [0.2, 0.25) is 0 Å². The van der Waals surface area contributed by atoms with Crippen LogP contribution >= 0.6 is 23.4 Å². The second kappa shape index (κ2) is 9.74. The van der Waals surface area contributed by atoms with Gasteiger partial charge in [-0.25, -0.2) is 4.79 Å². The van der Waals surface area contributed by atoms with Crippen LogP contribution in [0, 0.1) is 0 Å². The lowest BCUT2D eigenvalue weighted by molar-refractivity contribution is 0.194. The van der Waals surface area contributed by atoms with Crippen molar-refractivity contribution >= 4 is 35.1 Å². The second-order valence-electron chi connectivity index (χ2n) is 6.20. The monoisotopic (exact) mass is 389 g/mol. The molecule has 138 valence electrons. The zero-order valence-corrected chi connectivity index (χ0v) is 16.3. The van der Waals surface area contributed by atoms with Crippen LogP contribution in [0.5, 0.6) is 0 Å². The molecule has 1 saturated heterocycles. The Hall–Kier alpha value is -1.85. The molecule has 1 aliphatic rings. The van der Waals surface area contributed by atoms with Crippen LogP contribution in [0.4, 0.5) is 10.5 Å². The maximum atomic E-state index is 12.3. The van der Waals surface area contributed by atoms with E-state index in [1.165, 1.54) is 4.90 Å². The number of nitrogens with one attached hydrogen (secondary N) is 1. The summed E-state index contributed by atoms with van der Waals surface area (Å²) in [5.74, 6) is 1.01. The molecule has 2 amide bonds. The molecular weight excluding hydrogens is 366 g/mol. The van der Waals surface area contributed by atoms with Crippen molar-refractivity contribution in [2.75, 3.05) is 43.4 Å². The van der Waals surface area contributed by atoms with Crippen LogP contribution in [0.2, 0.25) is 5.02 Å². The van der Waals surface area contributed by atoms with Crippen LogP contribution in [0.1, 0.15) is 6.42 Å². The van der Waals surface area contributed by atoms with E-state index in [-0.39, 0.29) is 6.03 Å². The van der Waals surface area contributed by atoms with Gasteiger partial charge in [-0.1, -0.05) is 35.9 Å². The van der Waals surface area contributed by atoms with Crippen molar-refractivity contribution in [3.05, 3.63) is 59.6 Å². The van der Waals surface area contributed by atoms with Crippen molar-refractivity contribution in [3.8, 4) is 0 Å². The number of carbonyl (C=O) groups is 1. The van der Waals surface area contributed by atoms with E-state index in [4.69, 9.17) is 11.6 Å². The van der Waals surface area contributed by atoms with E-state index in [0.29, 0.717) is 6.54 Å². The third-order valence-corrected chi connectivity index (χ3v) is 5.68. The number of amides is 2. The van der Waals surface area contributed by atoms with E-state index in [2.05, 4.69) is 28.4 Å². The van der Waals surface area contributed by atoms with Gasteiger partial charge >= 0.3 is 6.03 Å². The summed E-state index contributed by atoms with van der Waals surface area (Å²) in [5, 5.41) is 3.78. The molecule has 0 spiro atoms. The molecule has 6 heteroatoms. The van der Waals surface area contributed by atoms with E-state index in [1.54, 1.807) is 0 Å². The van der Waals surface area contributed by atoms with Crippen molar-refractivity contribution in [1.82, 2.24) is 10.2 Å². The first-order valence-electron chi connectivity index (χ1n) is 8.93. The molecule has 0 aromatic heterocycles. The highest BCUT2D eigenvalue weighted by atomic mass is 35.5. The van der Waals surface area contributed by atoms with E-state index < -0.39 is 0 Å². The summed E-state index contributed by atoms with van der Waals surface area (Å²) in [4.78, 5) is 17.7. The minimum Gasteiger partial charge on any atom is -0.368 e. The molecule has 0 saturated carbocycles. The summed E-state index contributed by atoms with van der Waals surface area (Å²) in [6.45, 7) is 3.84. The van der Waals surface area contributed by atoms with Crippen LogP contribution in [0.15, 0.2) is 59.5 Å². The zero-order valence-electron chi connectivity index (χ0n) is 14.7. The molecule has 3 rings (SSSR count). The Balaban J connectivity index is 1.33. The Kier molecular flexibility index (Phi) is 7.09. The predicted octanol–water partition coefficient (Wildman–Crippen LogP) is 4.35. The second-order valence-corrected chi connectivity index (χ2v) is 7.81. The molecule has 0 unspecified atom stereocenters. The number of hydrogen-bond acceptors (Lipinski definition) is 3. The number of halogens is 1. The van der Waals surface area contributed by atoms with Gasteiger partial charge in [0.15, 0.2) is 0 Å². The first-order valence-corrected chi connectivity index (χ1v) is 10.3. The number of benzene rings is 2.